The van der Waals surface area contributed by atoms with E-state index in [2.05, 4.69) is 5.32 Å². The van der Waals surface area contributed by atoms with Gasteiger partial charge in [0.15, 0.2) is 0 Å². The molecule has 0 aliphatic heterocycles. The van der Waals surface area contributed by atoms with E-state index in [-0.39, 0.29) is 17.3 Å². The number of benzene rings is 3. The van der Waals surface area contributed by atoms with Gasteiger partial charge in [0.25, 0.3) is 10.0 Å². The number of rotatable bonds is 12. The summed E-state index contributed by atoms with van der Waals surface area (Å²) in [6.07, 6.45) is 1.69. The zero-order chi connectivity index (χ0) is 29.4. The largest absolute Gasteiger partial charge is 0.354 e. The van der Waals surface area contributed by atoms with Crippen LogP contribution < -0.4 is 9.62 Å². The second-order valence-corrected chi connectivity index (χ2v) is 12.5. The van der Waals surface area contributed by atoms with Gasteiger partial charge < -0.3 is 10.2 Å². The predicted octanol–water partition coefficient (Wildman–Crippen LogP) is 6.48. The molecule has 2 amide bonds. The number of halogens is 3. The molecule has 0 fully saturated rings. The van der Waals surface area contributed by atoms with Crippen LogP contribution in [0.5, 0.6) is 0 Å². The van der Waals surface area contributed by atoms with Crippen LogP contribution in [-0.2, 0) is 26.2 Å². The van der Waals surface area contributed by atoms with Gasteiger partial charge in [-0.3, -0.25) is 13.9 Å². The van der Waals surface area contributed by atoms with E-state index < -0.39 is 28.5 Å². The molecule has 0 saturated carbocycles. The third kappa shape index (κ3) is 7.91. The summed E-state index contributed by atoms with van der Waals surface area (Å²) in [6.45, 7) is 5.27. The molecule has 3 rings (SSSR count). The first-order valence-corrected chi connectivity index (χ1v) is 15.4. The van der Waals surface area contributed by atoms with Crippen LogP contribution in [0.15, 0.2) is 71.6 Å². The Hall–Kier alpha value is -2.78. The number of nitrogens with one attached hydrogen (secondary N) is 1. The van der Waals surface area contributed by atoms with Crippen molar-refractivity contribution in [1.29, 1.82) is 0 Å². The molecular formula is C29H32Cl3N3O4S. The molecule has 0 unspecified atom stereocenters. The first-order chi connectivity index (χ1) is 18.9. The Morgan fingerprint density at radius 1 is 0.950 bits per heavy atom. The maximum absolute atomic E-state index is 14.0. The van der Waals surface area contributed by atoms with Crippen LogP contribution in [0.2, 0.25) is 15.1 Å². The lowest BCUT2D eigenvalue weighted by molar-refractivity contribution is -0.139. The van der Waals surface area contributed by atoms with Crippen LogP contribution in [0.25, 0.3) is 0 Å². The maximum atomic E-state index is 14.0. The molecule has 0 heterocycles. The summed E-state index contributed by atoms with van der Waals surface area (Å²) >= 11 is 18.4. The number of unbranched alkanes of at least 4 members (excludes halogenated alkanes) is 1. The molecule has 0 bridgehead atoms. The van der Waals surface area contributed by atoms with E-state index in [1.54, 1.807) is 68.4 Å². The molecule has 1 atom stereocenters. The minimum absolute atomic E-state index is 0.0108. The molecule has 0 aliphatic rings. The Morgan fingerprint density at radius 2 is 1.65 bits per heavy atom. The third-order valence-corrected chi connectivity index (χ3v) is 9.12. The molecular weight excluding hydrogens is 593 g/mol. The van der Waals surface area contributed by atoms with Crippen molar-refractivity contribution in [3.63, 3.8) is 0 Å². The van der Waals surface area contributed by atoms with Crippen LogP contribution in [0.4, 0.5) is 5.69 Å². The monoisotopic (exact) mass is 623 g/mol. The van der Waals surface area contributed by atoms with Crippen molar-refractivity contribution in [1.82, 2.24) is 10.2 Å². The molecule has 11 heteroatoms. The summed E-state index contributed by atoms with van der Waals surface area (Å²) in [5.74, 6) is -0.917. The van der Waals surface area contributed by atoms with Crippen molar-refractivity contribution >= 4 is 62.3 Å². The Morgan fingerprint density at radius 3 is 2.27 bits per heavy atom. The average Bonchev–Trinajstić information content (AvgIpc) is 2.92. The lowest BCUT2D eigenvalue weighted by Crippen LogP contribution is -2.51. The molecule has 3 aromatic rings. The van der Waals surface area contributed by atoms with E-state index in [0.29, 0.717) is 38.4 Å². The van der Waals surface area contributed by atoms with Crippen LogP contribution >= 0.6 is 34.8 Å². The van der Waals surface area contributed by atoms with Gasteiger partial charge in [0, 0.05) is 18.1 Å². The van der Waals surface area contributed by atoms with Gasteiger partial charge >= 0.3 is 0 Å². The summed E-state index contributed by atoms with van der Waals surface area (Å²) in [5, 5.41) is 3.94. The van der Waals surface area contributed by atoms with Gasteiger partial charge in [-0.15, -0.1) is 0 Å². The van der Waals surface area contributed by atoms with Crippen molar-refractivity contribution in [3.8, 4) is 0 Å². The Balaban J connectivity index is 2.03. The zero-order valence-electron chi connectivity index (χ0n) is 22.5. The lowest BCUT2D eigenvalue weighted by atomic mass is 10.1. The fourth-order valence-corrected chi connectivity index (χ4v) is 6.13. The van der Waals surface area contributed by atoms with E-state index >= 15 is 0 Å². The highest BCUT2D eigenvalue weighted by molar-refractivity contribution is 7.92. The van der Waals surface area contributed by atoms with Crippen molar-refractivity contribution in [2.45, 2.75) is 51.1 Å². The first kappa shape index (κ1) is 31.7. The highest BCUT2D eigenvalue weighted by Crippen LogP contribution is 2.30. The standard InChI is InChI=1S/C29H32Cl3N3O4S/c1-4-5-15-33-29(37)21(3)34(18-22-11-13-25(31)26(32)17-22)28(36)19-35(27-14-12-23(30)16-20(27)2)40(38,39)24-9-7-6-8-10-24/h6-14,16-17,21H,4-5,15,18-19H2,1-3H3,(H,33,37)/t21-/m1/s1. The molecule has 0 aromatic heterocycles. The van der Waals surface area contributed by atoms with E-state index in [4.69, 9.17) is 34.8 Å². The minimum atomic E-state index is -4.16. The van der Waals surface area contributed by atoms with Crippen molar-refractivity contribution in [3.05, 3.63) is 92.9 Å². The maximum Gasteiger partial charge on any atom is 0.264 e. The second-order valence-electron chi connectivity index (χ2n) is 9.35. The van der Waals surface area contributed by atoms with Crippen molar-refractivity contribution in [2.24, 2.45) is 0 Å². The molecule has 0 saturated heterocycles. The quantitative estimate of drug-likeness (QED) is 0.234. The van der Waals surface area contributed by atoms with Gasteiger partial charge in [-0.1, -0.05) is 72.4 Å². The Labute approximate surface area is 251 Å². The topological polar surface area (TPSA) is 86.8 Å². The minimum Gasteiger partial charge on any atom is -0.354 e. The summed E-state index contributed by atoms with van der Waals surface area (Å²) in [4.78, 5) is 28.4. The molecule has 7 nitrogen and oxygen atoms in total. The molecule has 1 N–H and O–H groups in total. The summed E-state index contributed by atoms with van der Waals surface area (Å²) in [6, 6.07) is 16.7. The second kappa shape index (κ2) is 14.2. The summed E-state index contributed by atoms with van der Waals surface area (Å²) in [5.41, 5.74) is 1.51. The third-order valence-electron chi connectivity index (χ3n) is 6.37. The van der Waals surface area contributed by atoms with Crippen LogP contribution in [0.3, 0.4) is 0 Å². The van der Waals surface area contributed by atoms with Crippen LogP contribution in [0.1, 0.15) is 37.8 Å². The number of hydrogen-bond donors (Lipinski definition) is 1. The lowest BCUT2D eigenvalue weighted by Gasteiger charge is -2.32. The first-order valence-electron chi connectivity index (χ1n) is 12.8. The van der Waals surface area contributed by atoms with Gasteiger partial charge in [-0.25, -0.2) is 8.42 Å². The van der Waals surface area contributed by atoms with E-state index in [9.17, 15) is 18.0 Å². The van der Waals surface area contributed by atoms with Gasteiger partial charge in [0.1, 0.15) is 12.6 Å². The van der Waals surface area contributed by atoms with E-state index in [1.165, 1.54) is 17.0 Å². The fraction of sp³-hybridized carbons (Fsp3) is 0.310. The number of carbonyl (C=O) groups excluding carboxylic acids is 2. The van der Waals surface area contributed by atoms with Gasteiger partial charge in [0.2, 0.25) is 11.8 Å². The Bertz CT molecular complexity index is 1450. The average molecular weight is 625 g/mol. The van der Waals surface area contributed by atoms with Crippen LogP contribution in [0, 0.1) is 6.92 Å². The number of anilines is 1. The highest BCUT2D eigenvalue weighted by Gasteiger charge is 2.33. The molecule has 0 aliphatic carbocycles. The molecule has 0 spiro atoms. The Kier molecular flexibility index (Phi) is 11.3. The number of nitrogens with zero attached hydrogens (tertiary/aromatic N) is 2. The molecule has 0 radical (unpaired) electrons. The SMILES string of the molecule is CCCCNC(=O)[C@@H](C)N(Cc1ccc(Cl)c(Cl)c1)C(=O)CN(c1ccc(Cl)cc1C)S(=O)(=O)c1ccccc1. The number of carbonyl (C=O) groups is 2. The number of sulfonamides is 1. The smallest absolute Gasteiger partial charge is 0.264 e. The molecule has 214 valence electrons. The van der Waals surface area contributed by atoms with Crippen molar-refractivity contribution < 1.29 is 18.0 Å². The number of aryl methyl sites for hydroxylation is 1. The van der Waals surface area contributed by atoms with Gasteiger partial charge in [-0.05, 0) is 73.9 Å². The van der Waals surface area contributed by atoms with Crippen molar-refractivity contribution in [2.75, 3.05) is 17.4 Å². The highest BCUT2D eigenvalue weighted by atomic mass is 35.5. The predicted molar refractivity (Wildman–Crippen MR) is 162 cm³/mol. The molecule has 40 heavy (non-hydrogen) atoms. The molecule has 3 aromatic carbocycles. The van der Waals surface area contributed by atoms with Crippen LogP contribution in [-0.4, -0.2) is 44.3 Å². The zero-order valence-corrected chi connectivity index (χ0v) is 25.6. The summed E-state index contributed by atoms with van der Waals surface area (Å²) in [7, 11) is -4.16. The normalized spacial score (nSPS) is 12.1. The van der Waals surface area contributed by atoms with E-state index in [0.717, 1.165) is 17.1 Å². The van der Waals surface area contributed by atoms with Gasteiger partial charge in [0.05, 0.1) is 20.6 Å². The number of hydrogen-bond acceptors (Lipinski definition) is 4. The number of amides is 2. The van der Waals surface area contributed by atoms with Gasteiger partial charge in [-0.2, -0.15) is 0 Å². The van der Waals surface area contributed by atoms with E-state index in [1.807, 2.05) is 6.92 Å². The summed E-state index contributed by atoms with van der Waals surface area (Å²) < 4.78 is 28.8. The fourth-order valence-electron chi connectivity index (χ4n) is 4.09.